The van der Waals surface area contributed by atoms with Gasteiger partial charge in [0.05, 0.1) is 0 Å². The van der Waals surface area contributed by atoms with Gasteiger partial charge in [-0.15, -0.1) is 5.98 Å². The molecule has 1 rings (SSSR count). The van der Waals surface area contributed by atoms with Crippen molar-refractivity contribution in [1.82, 2.24) is 4.98 Å². The topological polar surface area (TPSA) is 12.9 Å². The molecule has 0 unspecified atom stereocenters. The second-order valence-electron chi connectivity index (χ2n) is 2.71. The van der Waals surface area contributed by atoms with Crippen LogP contribution >= 0.6 is 0 Å². The number of aromatic nitrogens is 1. The van der Waals surface area contributed by atoms with Gasteiger partial charge in [-0.2, -0.15) is 0 Å². The normalized spacial score (nSPS) is 12.1. The van der Waals surface area contributed by atoms with Crippen molar-refractivity contribution >= 4 is 12.6 Å². The van der Waals surface area contributed by atoms with Crippen molar-refractivity contribution in [3.05, 3.63) is 36.1 Å². The molecular formula is C8H8BF3KN. The fraction of sp³-hybridized carbons (Fsp3) is 0.125. The van der Waals surface area contributed by atoms with E-state index >= 15 is 0 Å². The molecule has 0 atom stereocenters. The minimum Gasteiger partial charge on any atom is -0.445 e. The molecule has 0 radical (unpaired) electrons. The minimum atomic E-state index is -4.85. The first-order valence-electron chi connectivity index (χ1n) is 3.79. The molecule has 6 heteroatoms. The molecule has 0 aliphatic rings. The van der Waals surface area contributed by atoms with Crippen molar-refractivity contribution in [3.8, 4) is 0 Å². The third-order valence-corrected chi connectivity index (χ3v) is 1.57. The molecule has 1 aromatic heterocycles. The van der Waals surface area contributed by atoms with Crippen LogP contribution in [0, 0.1) is 0 Å². The van der Waals surface area contributed by atoms with Crippen LogP contribution in [0.1, 0.15) is 12.5 Å². The van der Waals surface area contributed by atoms with Gasteiger partial charge in [0.1, 0.15) is 0 Å². The molecule has 0 saturated heterocycles. The number of hydrogen-bond donors (Lipinski definition) is 0. The van der Waals surface area contributed by atoms with Crippen molar-refractivity contribution in [2.24, 2.45) is 0 Å². The molecule has 0 aliphatic carbocycles. The number of hydrogen-bond acceptors (Lipinski definition) is 1. The van der Waals surface area contributed by atoms with Crippen LogP contribution in [-0.4, -0.2) is 12.0 Å². The van der Waals surface area contributed by atoms with E-state index in [1.807, 2.05) is 0 Å². The van der Waals surface area contributed by atoms with Crippen molar-refractivity contribution in [2.75, 3.05) is 0 Å². The summed E-state index contributed by atoms with van der Waals surface area (Å²) in [5, 5.41) is 0. The molecule has 0 bridgehead atoms. The van der Waals surface area contributed by atoms with Gasteiger partial charge in [0.15, 0.2) is 0 Å². The molecule has 70 valence electrons. The molecule has 1 nitrogen and oxygen atoms in total. The van der Waals surface area contributed by atoms with Gasteiger partial charge in [0.25, 0.3) is 0 Å². The van der Waals surface area contributed by atoms with E-state index in [0.29, 0.717) is 11.5 Å². The first-order chi connectivity index (χ1) is 5.99. The Hall–Kier alpha value is 0.381. The average molecular weight is 225 g/mol. The van der Waals surface area contributed by atoms with Crippen molar-refractivity contribution < 1.29 is 64.3 Å². The largest absolute Gasteiger partial charge is 1.00 e. The standard InChI is InChI=1S/C8H8BF3N.K/c1-7(6-9(10,11)12)8-2-4-13-5-3-8;/h2-6H,1H3;/q-1;+1/b7-6+;. The molecule has 0 spiro atoms. The zero-order chi connectivity index (χ0) is 9.90. The van der Waals surface area contributed by atoms with Gasteiger partial charge >= 0.3 is 58.4 Å². The summed E-state index contributed by atoms with van der Waals surface area (Å²) in [5.74, 6) is 0.343. The van der Waals surface area contributed by atoms with Crippen LogP contribution in [-0.2, 0) is 0 Å². The molecule has 0 aromatic carbocycles. The molecule has 0 saturated carbocycles. The second kappa shape index (κ2) is 6.07. The maximum Gasteiger partial charge on any atom is 1.00 e. The average Bonchev–Trinajstić information content (AvgIpc) is 2.03. The van der Waals surface area contributed by atoms with Crippen LogP contribution in [0.3, 0.4) is 0 Å². The fourth-order valence-electron chi connectivity index (χ4n) is 0.995. The summed E-state index contributed by atoms with van der Waals surface area (Å²) in [6.07, 6.45) is 2.94. The first kappa shape index (κ1) is 14.4. The monoisotopic (exact) mass is 225 g/mol. The van der Waals surface area contributed by atoms with E-state index in [4.69, 9.17) is 0 Å². The number of allylic oxidation sites excluding steroid dienone is 1. The Kier molecular flexibility index (Phi) is 6.24. The summed E-state index contributed by atoms with van der Waals surface area (Å²) in [5.41, 5.74) is 0.768. The Labute approximate surface area is 123 Å². The predicted octanol–water partition coefficient (Wildman–Crippen LogP) is -0.125. The van der Waals surface area contributed by atoms with Crippen LogP contribution in [0.15, 0.2) is 30.5 Å². The minimum absolute atomic E-state index is 0. The molecule has 0 fully saturated rings. The van der Waals surface area contributed by atoms with Gasteiger partial charge in [0.2, 0.25) is 0 Å². The molecular weight excluding hydrogens is 217 g/mol. The number of pyridine rings is 1. The summed E-state index contributed by atoms with van der Waals surface area (Å²) >= 11 is 0. The number of nitrogens with zero attached hydrogens (tertiary/aromatic N) is 1. The van der Waals surface area contributed by atoms with E-state index in [1.54, 1.807) is 12.1 Å². The van der Waals surface area contributed by atoms with Crippen molar-refractivity contribution in [2.45, 2.75) is 6.92 Å². The molecule has 14 heavy (non-hydrogen) atoms. The van der Waals surface area contributed by atoms with Crippen LogP contribution in [0.4, 0.5) is 12.9 Å². The SMILES string of the molecule is C/C(=C\[B-](F)(F)F)c1ccncc1.[K+]. The zero-order valence-electron chi connectivity index (χ0n) is 8.05. The Morgan fingerprint density at radius 3 is 2.21 bits per heavy atom. The van der Waals surface area contributed by atoms with Gasteiger partial charge in [-0.3, -0.25) is 4.98 Å². The second-order valence-corrected chi connectivity index (χ2v) is 2.71. The molecule has 0 aliphatic heterocycles. The smallest absolute Gasteiger partial charge is 0.445 e. The van der Waals surface area contributed by atoms with Gasteiger partial charge < -0.3 is 12.9 Å². The van der Waals surface area contributed by atoms with Gasteiger partial charge in [-0.1, -0.05) is 5.57 Å². The molecule has 1 aromatic rings. The maximum atomic E-state index is 12.0. The molecule has 0 N–H and O–H groups in total. The van der Waals surface area contributed by atoms with E-state index < -0.39 is 6.98 Å². The summed E-state index contributed by atoms with van der Waals surface area (Å²) < 4.78 is 35.9. The number of halogens is 3. The van der Waals surface area contributed by atoms with Crippen LogP contribution in [0.2, 0.25) is 0 Å². The summed E-state index contributed by atoms with van der Waals surface area (Å²) in [4.78, 5) is 3.72. The van der Waals surface area contributed by atoms with E-state index in [2.05, 4.69) is 4.98 Å². The summed E-state index contributed by atoms with van der Waals surface area (Å²) in [6.45, 7) is -3.42. The zero-order valence-corrected chi connectivity index (χ0v) is 11.2. The molecule has 1 heterocycles. The molecule has 0 amide bonds. The van der Waals surface area contributed by atoms with E-state index in [1.165, 1.54) is 19.3 Å². The van der Waals surface area contributed by atoms with Crippen LogP contribution in [0.5, 0.6) is 0 Å². The fourth-order valence-corrected chi connectivity index (χ4v) is 0.995. The van der Waals surface area contributed by atoms with Crippen LogP contribution < -0.4 is 51.4 Å². The maximum absolute atomic E-state index is 12.0. The van der Waals surface area contributed by atoms with E-state index in [0.717, 1.165) is 0 Å². The Morgan fingerprint density at radius 2 is 1.79 bits per heavy atom. The Morgan fingerprint density at radius 1 is 1.29 bits per heavy atom. The summed E-state index contributed by atoms with van der Waals surface area (Å²) in [6, 6.07) is 3.10. The quantitative estimate of drug-likeness (QED) is 0.639. The third-order valence-electron chi connectivity index (χ3n) is 1.57. The third kappa shape index (κ3) is 5.31. The van der Waals surface area contributed by atoms with Gasteiger partial charge in [0, 0.05) is 12.4 Å². The number of rotatable bonds is 2. The van der Waals surface area contributed by atoms with Crippen molar-refractivity contribution in [1.29, 1.82) is 0 Å². The van der Waals surface area contributed by atoms with Crippen LogP contribution in [0.25, 0.3) is 5.57 Å². The van der Waals surface area contributed by atoms with Crippen molar-refractivity contribution in [3.63, 3.8) is 0 Å². The predicted molar refractivity (Wildman–Crippen MR) is 47.0 cm³/mol. The van der Waals surface area contributed by atoms with E-state index in [-0.39, 0.29) is 57.0 Å². The summed E-state index contributed by atoms with van der Waals surface area (Å²) in [7, 11) is 0. The Balaban J connectivity index is 0.00000169. The van der Waals surface area contributed by atoms with Gasteiger partial charge in [-0.25, -0.2) is 0 Å². The Bertz CT molecular complexity index is 310. The first-order valence-corrected chi connectivity index (χ1v) is 3.79. The van der Waals surface area contributed by atoms with E-state index in [9.17, 15) is 12.9 Å². The van der Waals surface area contributed by atoms with Gasteiger partial charge in [-0.05, 0) is 24.6 Å².